The van der Waals surface area contributed by atoms with Crippen LogP contribution in [0, 0.1) is 5.82 Å². The van der Waals surface area contributed by atoms with E-state index in [1.54, 1.807) is 0 Å². The van der Waals surface area contributed by atoms with Gasteiger partial charge in [0.15, 0.2) is 5.82 Å². The van der Waals surface area contributed by atoms with Crippen LogP contribution in [0.3, 0.4) is 0 Å². The number of H-pyrrole nitrogens is 1. The summed E-state index contributed by atoms with van der Waals surface area (Å²) in [6.07, 6.45) is -2.64. The highest BCUT2D eigenvalue weighted by Gasteiger charge is 2.32. The largest absolute Gasteiger partial charge is 0.416 e. The molecular formula is C15H14F4N4O2. The van der Waals surface area contributed by atoms with Crippen molar-refractivity contribution < 1.29 is 27.1 Å². The Morgan fingerprint density at radius 1 is 1.36 bits per heavy atom. The fourth-order valence-corrected chi connectivity index (χ4v) is 2.60. The molecule has 2 aromatic rings. The number of aromatic nitrogens is 3. The van der Waals surface area contributed by atoms with Crippen LogP contribution in [0.4, 0.5) is 17.6 Å². The molecule has 25 heavy (non-hydrogen) atoms. The number of ether oxygens (including phenoxy) is 1. The van der Waals surface area contributed by atoms with E-state index < -0.39 is 29.0 Å². The Kier molecular flexibility index (Phi) is 4.71. The van der Waals surface area contributed by atoms with E-state index in [0.29, 0.717) is 36.9 Å². The Morgan fingerprint density at radius 3 is 2.84 bits per heavy atom. The van der Waals surface area contributed by atoms with E-state index in [9.17, 15) is 22.4 Å². The maximum absolute atomic E-state index is 13.7. The fourth-order valence-electron chi connectivity index (χ4n) is 2.60. The van der Waals surface area contributed by atoms with Crippen molar-refractivity contribution in [3.05, 3.63) is 47.3 Å². The maximum atomic E-state index is 13.7. The average Bonchev–Trinajstić information content (AvgIpc) is 3.23. The molecule has 1 aromatic carbocycles. The molecule has 0 radical (unpaired) electrons. The van der Waals surface area contributed by atoms with Crippen LogP contribution >= 0.6 is 0 Å². The van der Waals surface area contributed by atoms with Gasteiger partial charge in [-0.3, -0.25) is 9.89 Å². The summed E-state index contributed by atoms with van der Waals surface area (Å²) in [5.74, 6) is -1.37. The smallest absolute Gasteiger partial charge is 0.365 e. The van der Waals surface area contributed by atoms with Gasteiger partial charge in [0, 0.05) is 6.54 Å². The standard InChI is InChI=1S/C15H14F4N4O2/c16-11-3-1-8(15(17,18)19)5-10(11)14(24)20-6-9-2-4-12(25-9)13-21-7-22-23-13/h1,3,5,7,9,12H,2,4,6H2,(H,20,24)(H,21,22,23)/t9-,12+/m1/s1. The number of benzene rings is 1. The zero-order valence-electron chi connectivity index (χ0n) is 12.8. The number of nitrogens with zero attached hydrogens (tertiary/aromatic N) is 2. The van der Waals surface area contributed by atoms with Crippen LogP contribution in [0.2, 0.25) is 0 Å². The van der Waals surface area contributed by atoms with Gasteiger partial charge in [-0.1, -0.05) is 0 Å². The summed E-state index contributed by atoms with van der Waals surface area (Å²) in [4.78, 5) is 16.0. The Hall–Kier alpha value is -2.49. The van der Waals surface area contributed by atoms with Crippen LogP contribution in [-0.4, -0.2) is 33.7 Å². The number of halogens is 4. The van der Waals surface area contributed by atoms with Crippen molar-refractivity contribution in [2.24, 2.45) is 0 Å². The molecule has 0 unspecified atom stereocenters. The first-order chi connectivity index (χ1) is 11.8. The van der Waals surface area contributed by atoms with Crippen LogP contribution in [0.1, 0.15) is 40.7 Å². The molecule has 2 N–H and O–H groups in total. The first kappa shape index (κ1) is 17.3. The van der Waals surface area contributed by atoms with Gasteiger partial charge in [-0.15, -0.1) is 0 Å². The van der Waals surface area contributed by atoms with Gasteiger partial charge in [0.25, 0.3) is 5.91 Å². The summed E-state index contributed by atoms with van der Waals surface area (Å²) in [6.45, 7) is 0.0547. The van der Waals surface area contributed by atoms with E-state index in [0.717, 1.165) is 0 Å². The third kappa shape index (κ3) is 3.95. The quantitative estimate of drug-likeness (QED) is 0.824. The molecule has 0 spiro atoms. The van der Waals surface area contributed by atoms with Gasteiger partial charge >= 0.3 is 6.18 Å². The Bertz CT molecular complexity index is 748. The Labute approximate surface area is 139 Å². The lowest BCUT2D eigenvalue weighted by Crippen LogP contribution is -2.32. The molecule has 1 saturated heterocycles. The predicted octanol–water partition coefficient (Wildman–Crippen LogP) is 2.61. The molecule has 0 aliphatic carbocycles. The van der Waals surface area contributed by atoms with Gasteiger partial charge in [-0.25, -0.2) is 9.37 Å². The molecule has 2 atom stereocenters. The number of aromatic amines is 1. The normalized spacial score (nSPS) is 20.6. The predicted molar refractivity (Wildman–Crippen MR) is 77.0 cm³/mol. The number of nitrogens with one attached hydrogen (secondary N) is 2. The van der Waals surface area contributed by atoms with Crippen molar-refractivity contribution in [3.63, 3.8) is 0 Å². The van der Waals surface area contributed by atoms with Crippen molar-refractivity contribution in [1.82, 2.24) is 20.5 Å². The zero-order chi connectivity index (χ0) is 18.0. The molecule has 3 rings (SSSR count). The summed E-state index contributed by atoms with van der Waals surface area (Å²) in [7, 11) is 0. The minimum Gasteiger partial charge on any atom is -0.365 e. The van der Waals surface area contributed by atoms with Crippen LogP contribution in [-0.2, 0) is 10.9 Å². The summed E-state index contributed by atoms with van der Waals surface area (Å²) in [6, 6.07) is 1.72. The summed E-state index contributed by atoms with van der Waals surface area (Å²) in [5, 5.41) is 8.82. The maximum Gasteiger partial charge on any atom is 0.416 e. The Balaban J connectivity index is 1.60. The number of hydrogen-bond acceptors (Lipinski definition) is 4. The van der Waals surface area contributed by atoms with E-state index in [1.165, 1.54) is 6.33 Å². The number of alkyl halides is 3. The van der Waals surface area contributed by atoms with Crippen molar-refractivity contribution in [3.8, 4) is 0 Å². The summed E-state index contributed by atoms with van der Waals surface area (Å²) in [5.41, 5.74) is -1.74. The van der Waals surface area contributed by atoms with Gasteiger partial charge in [0.05, 0.1) is 17.2 Å². The molecule has 0 bridgehead atoms. The molecule has 134 valence electrons. The molecule has 1 fully saturated rings. The van der Waals surface area contributed by atoms with Gasteiger partial charge in [-0.2, -0.15) is 18.3 Å². The molecule has 1 aliphatic heterocycles. The van der Waals surface area contributed by atoms with Gasteiger partial charge in [-0.05, 0) is 31.0 Å². The second-order valence-corrected chi connectivity index (χ2v) is 5.60. The van der Waals surface area contributed by atoms with Crippen LogP contribution in [0.25, 0.3) is 0 Å². The van der Waals surface area contributed by atoms with E-state index in [2.05, 4.69) is 20.5 Å². The SMILES string of the molecule is O=C(NC[C@H]1CC[C@@H](c2ncn[nH]2)O1)c1cc(C(F)(F)F)ccc1F. The van der Waals surface area contributed by atoms with E-state index in [1.807, 2.05) is 0 Å². The van der Waals surface area contributed by atoms with E-state index in [-0.39, 0.29) is 18.8 Å². The highest BCUT2D eigenvalue weighted by Crippen LogP contribution is 2.31. The van der Waals surface area contributed by atoms with Gasteiger partial charge < -0.3 is 10.1 Å². The van der Waals surface area contributed by atoms with Crippen molar-refractivity contribution in [1.29, 1.82) is 0 Å². The number of hydrogen-bond donors (Lipinski definition) is 2. The Morgan fingerprint density at radius 2 is 2.16 bits per heavy atom. The first-order valence-corrected chi connectivity index (χ1v) is 7.50. The zero-order valence-corrected chi connectivity index (χ0v) is 12.8. The summed E-state index contributed by atoms with van der Waals surface area (Å²) >= 11 is 0. The average molecular weight is 358 g/mol. The van der Waals surface area contributed by atoms with Crippen LogP contribution < -0.4 is 5.32 Å². The molecule has 1 amide bonds. The topological polar surface area (TPSA) is 79.9 Å². The first-order valence-electron chi connectivity index (χ1n) is 7.50. The monoisotopic (exact) mass is 358 g/mol. The fraction of sp³-hybridized carbons (Fsp3) is 0.400. The van der Waals surface area contributed by atoms with Gasteiger partial charge in [0.1, 0.15) is 18.2 Å². The minimum absolute atomic E-state index is 0.0547. The third-order valence-corrected chi connectivity index (χ3v) is 3.87. The lowest BCUT2D eigenvalue weighted by Gasteiger charge is -2.14. The van der Waals surface area contributed by atoms with E-state index in [4.69, 9.17) is 4.74 Å². The molecule has 6 nitrogen and oxygen atoms in total. The summed E-state index contributed by atoms with van der Waals surface area (Å²) < 4.78 is 57.4. The molecular weight excluding hydrogens is 344 g/mol. The highest BCUT2D eigenvalue weighted by molar-refractivity contribution is 5.94. The van der Waals surface area contributed by atoms with Gasteiger partial charge in [0.2, 0.25) is 0 Å². The van der Waals surface area contributed by atoms with E-state index >= 15 is 0 Å². The molecule has 0 saturated carbocycles. The minimum atomic E-state index is -4.65. The number of amides is 1. The highest BCUT2D eigenvalue weighted by atomic mass is 19.4. The second-order valence-electron chi connectivity index (χ2n) is 5.60. The lowest BCUT2D eigenvalue weighted by molar-refractivity contribution is -0.137. The number of carbonyl (C=O) groups excluding carboxylic acids is 1. The van der Waals surface area contributed by atoms with Crippen LogP contribution in [0.5, 0.6) is 0 Å². The number of carbonyl (C=O) groups is 1. The van der Waals surface area contributed by atoms with Crippen LogP contribution in [0.15, 0.2) is 24.5 Å². The molecule has 1 aromatic heterocycles. The van der Waals surface area contributed by atoms with Crippen molar-refractivity contribution in [2.45, 2.75) is 31.2 Å². The molecule has 10 heteroatoms. The third-order valence-electron chi connectivity index (χ3n) is 3.87. The van der Waals surface area contributed by atoms with Crippen molar-refractivity contribution >= 4 is 5.91 Å². The lowest BCUT2D eigenvalue weighted by atomic mass is 10.1. The second kappa shape index (κ2) is 6.79. The molecule has 2 heterocycles. The molecule has 1 aliphatic rings. The number of rotatable bonds is 4. The van der Waals surface area contributed by atoms with Crippen molar-refractivity contribution in [2.75, 3.05) is 6.54 Å².